The molecule has 1 unspecified atom stereocenters. The predicted octanol–water partition coefficient (Wildman–Crippen LogP) is 6.29. The van der Waals surface area contributed by atoms with Gasteiger partial charge in [-0.15, -0.1) is 0 Å². The molecule has 3 rings (SSSR count). The molecule has 1 atom stereocenters. The van der Waals surface area contributed by atoms with E-state index in [9.17, 15) is 9.90 Å². The van der Waals surface area contributed by atoms with Gasteiger partial charge in [-0.05, 0) is 77.3 Å². The molecule has 258 valence electrons. The highest BCUT2D eigenvalue weighted by molar-refractivity contribution is 5.68. The van der Waals surface area contributed by atoms with Crippen LogP contribution in [0, 0.1) is 5.92 Å². The minimum absolute atomic E-state index is 0.131. The number of aliphatic hydroxyl groups excluding tert-OH is 1. The lowest BCUT2D eigenvalue weighted by atomic mass is 9.96. The largest absolute Gasteiger partial charge is 0.444 e. The van der Waals surface area contributed by atoms with Crippen LogP contribution in [0.25, 0.3) is 5.57 Å². The highest BCUT2D eigenvalue weighted by atomic mass is 16.6. The number of carbonyl (C=O) groups excluding carboxylic acids is 1. The van der Waals surface area contributed by atoms with Crippen molar-refractivity contribution in [1.82, 2.24) is 19.9 Å². The van der Waals surface area contributed by atoms with Crippen molar-refractivity contribution < 1.29 is 14.6 Å². The number of nitrogens with one attached hydrogen (secondary N) is 1. The molecule has 0 aromatic carbocycles. The van der Waals surface area contributed by atoms with Gasteiger partial charge >= 0.3 is 6.09 Å². The number of nitrogens with zero attached hydrogens (tertiary/aromatic N) is 6. The maximum Gasteiger partial charge on any atom is 0.410 e. The van der Waals surface area contributed by atoms with Crippen LogP contribution in [0.1, 0.15) is 98.9 Å². The molecular weight excluding hydrogens is 580 g/mol. The van der Waals surface area contributed by atoms with Crippen molar-refractivity contribution >= 4 is 29.1 Å². The van der Waals surface area contributed by atoms with E-state index in [1.807, 2.05) is 58.7 Å². The fourth-order valence-corrected chi connectivity index (χ4v) is 5.55. The van der Waals surface area contributed by atoms with Crippen molar-refractivity contribution in [3.8, 4) is 0 Å². The molecule has 46 heavy (non-hydrogen) atoms. The number of hydrogen-bond donors (Lipinski definition) is 3. The average molecular weight is 641 g/mol. The first kappa shape index (κ1) is 38.6. The Morgan fingerprint density at radius 2 is 1.87 bits per heavy atom. The third-order valence-corrected chi connectivity index (χ3v) is 8.06. The summed E-state index contributed by atoms with van der Waals surface area (Å²) >= 11 is 0. The highest BCUT2D eigenvalue weighted by Gasteiger charge is 2.27. The van der Waals surface area contributed by atoms with Gasteiger partial charge in [-0.3, -0.25) is 0 Å². The zero-order valence-corrected chi connectivity index (χ0v) is 29.8. The number of aliphatic hydroxyl groups is 1. The second-order valence-electron chi connectivity index (χ2n) is 12.5. The minimum Gasteiger partial charge on any atom is -0.444 e. The molecule has 0 spiro atoms. The monoisotopic (exact) mass is 640 g/mol. The molecule has 2 aromatic heterocycles. The first-order valence-electron chi connectivity index (χ1n) is 17.1. The van der Waals surface area contributed by atoms with Crippen LogP contribution in [0.15, 0.2) is 30.6 Å². The lowest BCUT2D eigenvalue weighted by Crippen LogP contribution is -2.43. The molecule has 11 heteroatoms. The summed E-state index contributed by atoms with van der Waals surface area (Å²) in [5.41, 5.74) is 7.36. The summed E-state index contributed by atoms with van der Waals surface area (Å²) in [5, 5.41) is 13.1. The van der Waals surface area contributed by atoms with E-state index in [0.717, 1.165) is 74.6 Å². The van der Waals surface area contributed by atoms with Gasteiger partial charge in [0.25, 0.3) is 0 Å². The second kappa shape index (κ2) is 19.2. The zero-order valence-electron chi connectivity index (χ0n) is 29.8. The molecule has 1 fully saturated rings. The molecule has 0 saturated carbocycles. The van der Waals surface area contributed by atoms with Crippen LogP contribution in [-0.2, 0) is 11.3 Å². The fraction of sp³-hybridized carbons (Fsp3) is 0.657. The first-order valence-corrected chi connectivity index (χ1v) is 17.1. The predicted molar refractivity (Wildman–Crippen MR) is 190 cm³/mol. The quantitative estimate of drug-likeness (QED) is 0.216. The zero-order chi connectivity index (χ0) is 34.3. The number of likely N-dealkylation sites (tertiary alicyclic amines) is 1. The number of pyridine rings is 1. The molecular formula is C35H60N8O3. The molecule has 4 N–H and O–H groups in total. The smallest absolute Gasteiger partial charge is 0.410 e. The van der Waals surface area contributed by atoms with E-state index in [-0.39, 0.29) is 18.7 Å². The Labute approximate surface area is 277 Å². The topological polar surface area (TPSA) is 133 Å². The lowest BCUT2D eigenvalue weighted by Gasteiger charge is -2.35. The number of rotatable bonds is 14. The van der Waals surface area contributed by atoms with E-state index < -0.39 is 5.60 Å². The Morgan fingerprint density at radius 1 is 1.17 bits per heavy atom. The molecule has 0 aliphatic carbocycles. The number of anilines is 3. The van der Waals surface area contributed by atoms with Crippen molar-refractivity contribution in [2.24, 2.45) is 11.7 Å². The highest BCUT2D eigenvalue weighted by Crippen LogP contribution is 2.26. The number of carbonyl (C=O) groups is 1. The molecule has 1 aliphatic heterocycles. The van der Waals surface area contributed by atoms with Crippen molar-refractivity contribution in [3.05, 3.63) is 42.0 Å². The Hall–Kier alpha value is -3.60. The number of aromatic nitrogens is 3. The molecule has 2 aromatic rings. The molecule has 1 saturated heterocycles. The van der Waals surface area contributed by atoms with Crippen molar-refractivity contribution in [2.75, 3.05) is 55.0 Å². The van der Waals surface area contributed by atoms with Crippen molar-refractivity contribution in [2.45, 2.75) is 106 Å². The van der Waals surface area contributed by atoms with Gasteiger partial charge in [0.2, 0.25) is 0 Å². The average Bonchev–Trinajstić information content (AvgIpc) is 3.05. The molecule has 0 bridgehead atoms. The molecule has 1 aliphatic rings. The molecule has 0 radical (unpaired) electrons. The number of amides is 1. The van der Waals surface area contributed by atoms with Gasteiger partial charge < -0.3 is 35.6 Å². The Balaban J connectivity index is 0.00000361. The van der Waals surface area contributed by atoms with Crippen molar-refractivity contribution in [3.63, 3.8) is 0 Å². The first-order chi connectivity index (χ1) is 22.0. The van der Waals surface area contributed by atoms with E-state index in [2.05, 4.69) is 48.1 Å². The van der Waals surface area contributed by atoms with Gasteiger partial charge in [0.15, 0.2) is 5.82 Å². The summed E-state index contributed by atoms with van der Waals surface area (Å²) in [4.78, 5) is 33.0. The minimum atomic E-state index is -0.474. The van der Waals surface area contributed by atoms with Crippen LogP contribution in [0.5, 0.6) is 0 Å². The van der Waals surface area contributed by atoms with Crippen LogP contribution in [0.4, 0.5) is 22.2 Å². The SMILES string of the molecule is CC.CC/C(=C/N)c1nc(NCc2ccc(N(C)CC3CCN(C(=O)OC(C)(C)C)CC3)nc2)cc(N(CC)C(CC)CCO)n1. The summed E-state index contributed by atoms with van der Waals surface area (Å²) in [7, 11) is 2.07. The summed E-state index contributed by atoms with van der Waals surface area (Å²) < 4.78 is 5.53. The summed E-state index contributed by atoms with van der Waals surface area (Å²) in [6.45, 7) is 19.7. The van der Waals surface area contributed by atoms with Crippen molar-refractivity contribution in [1.29, 1.82) is 0 Å². The number of hydrogen-bond acceptors (Lipinski definition) is 10. The van der Waals surface area contributed by atoms with E-state index >= 15 is 0 Å². The van der Waals surface area contributed by atoms with Crippen LogP contribution >= 0.6 is 0 Å². The molecule has 3 heterocycles. The van der Waals surface area contributed by atoms with Crippen LogP contribution in [0.3, 0.4) is 0 Å². The van der Waals surface area contributed by atoms with Gasteiger partial charge in [0.1, 0.15) is 23.1 Å². The number of allylic oxidation sites excluding steroid dienone is 1. The van der Waals surface area contributed by atoms with Gasteiger partial charge in [0, 0.05) is 76.5 Å². The Kier molecular flexibility index (Phi) is 16.1. The third kappa shape index (κ3) is 11.6. The standard InChI is InChI=1S/C33H54N8O3.C2H6/c1-8-26(20-34)31-37-28(19-30(38-31)41(10-3)27(9-2)15-18-42)35-21-25-11-12-29(36-22-25)39(7)23-24-13-16-40(17-14-24)32(43)44-33(4,5)6;1-2/h11-12,19-20,22,24,27,42H,8-10,13-18,21,23,34H2,1-7H3,(H,35,37,38);1-2H3/b26-20-;. The van der Waals surface area contributed by atoms with E-state index in [1.165, 1.54) is 0 Å². The summed E-state index contributed by atoms with van der Waals surface area (Å²) in [6.07, 6.45) is 7.45. The molecule has 11 nitrogen and oxygen atoms in total. The maximum atomic E-state index is 12.4. The van der Waals surface area contributed by atoms with Crippen LogP contribution < -0.4 is 20.9 Å². The van der Waals surface area contributed by atoms with Crippen LogP contribution in [0.2, 0.25) is 0 Å². The third-order valence-electron chi connectivity index (χ3n) is 8.06. The van der Waals surface area contributed by atoms with Crippen LogP contribution in [-0.4, -0.2) is 82.5 Å². The fourth-order valence-electron chi connectivity index (χ4n) is 5.55. The summed E-state index contributed by atoms with van der Waals surface area (Å²) in [6, 6.07) is 6.29. The van der Waals surface area contributed by atoms with E-state index in [4.69, 9.17) is 25.4 Å². The maximum absolute atomic E-state index is 12.4. The van der Waals surface area contributed by atoms with E-state index in [1.54, 1.807) is 6.20 Å². The Bertz CT molecular complexity index is 1210. The molecule has 1 amide bonds. The normalized spacial score (nSPS) is 14.7. The van der Waals surface area contributed by atoms with Gasteiger partial charge in [-0.25, -0.2) is 19.7 Å². The van der Waals surface area contributed by atoms with Gasteiger partial charge in [-0.2, -0.15) is 0 Å². The number of nitrogens with two attached hydrogens (primary N) is 1. The number of ether oxygens (including phenoxy) is 1. The Morgan fingerprint density at radius 3 is 2.39 bits per heavy atom. The summed E-state index contributed by atoms with van der Waals surface area (Å²) in [5.74, 6) is 3.56. The lowest BCUT2D eigenvalue weighted by molar-refractivity contribution is 0.0186. The van der Waals surface area contributed by atoms with E-state index in [0.29, 0.717) is 30.5 Å². The van der Waals surface area contributed by atoms with Gasteiger partial charge in [-0.1, -0.05) is 33.8 Å². The second-order valence-corrected chi connectivity index (χ2v) is 12.5. The number of piperidine rings is 1. The van der Waals surface area contributed by atoms with Gasteiger partial charge in [0.05, 0.1) is 0 Å².